The lowest BCUT2D eigenvalue weighted by Crippen LogP contribution is -1.75. The monoisotopic (exact) mass is 188 g/mol. The van der Waals surface area contributed by atoms with Crippen molar-refractivity contribution in [3.05, 3.63) is 0 Å². The van der Waals surface area contributed by atoms with E-state index in [1.165, 1.54) is 6.92 Å². The van der Waals surface area contributed by atoms with E-state index >= 15 is 0 Å². The van der Waals surface area contributed by atoms with Crippen LogP contribution in [0.15, 0.2) is 20.4 Å². The Morgan fingerprint density at radius 2 is 1.31 bits per heavy atom. The Hall–Kier alpha value is -2.19. The van der Waals surface area contributed by atoms with E-state index < -0.39 is 0 Å². The van der Waals surface area contributed by atoms with Gasteiger partial charge >= 0.3 is 0 Å². The number of rotatable bonds is 2. The number of hydrazone groups is 2. The standard InChI is InChI=1S/C2H4O.2CH4N4/c1-2-3;2*2-4-1-5-3/h2H,1H3;2*1-2H,3H2. The van der Waals surface area contributed by atoms with Crippen LogP contribution in [0.25, 0.3) is 0 Å². The predicted octanol–water partition coefficient (Wildman–Crippen LogP) is 0.0439. The minimum absolute atomic E-state index is 0.750. The highest BCUT2D eigenvalue weighted by molar-refractivity contribution is 5.53. The van der Waals surface area contributed by atoms with E-state index in [0.717, 1.165) is 19.0 Å². The smallest absolute Gasteiger partial charge is 0.156 e. The number of nitrogens with zero attached hydrogens (tertiary/aromatic N) is 4. The van der Waals surface area contributed by atoms with Gasteiger partial charge in [-0.2, -0.15) is 10.2 Å². The Kier molecular flexibility index (Phi) is 43.2. The fourth-order valence-corrected chi connectivity index (χ4v) is 0.0667. The second kappa shape index (κ2) is 32.9. The quantitative estimate of drug-likeness (QED) is 0.120. The van der Waals surface area contributed by atoms with Crippen molar-refractivity contribution in [1.82, 2.24) is 0 Å². The van der Waals surface area contributed by atoms with Crippen LogP contribution in [0, 0.1) is 11.1 Å². The Morgan fingerprint density at radius 3 is 1.31 bits per heavy atom. The van der Waals surface area contributed by atoms with Crippen molar-refractivity contribution in [3.63, 3.8) is 0 Å². The molecule has 9 heteroatoms. The van der Waals surface area contributed by atoms with Crippen molar-refractivity contribution >= 4 is 19.0 Å². The van der Waals surface area contributed by atoms with Crippen LogP contribution in [0.4, 0.5) is 0 Å². The Morgan fingerprint density at radius 1 is 1.08 bits per heavy atom. The summed E-state index contributed by atoms with van der Waals surface area (Å²) in [7, 11) is 0. The van der Waals surface area contributed by atoms with Crippen molar-refractivity contribution in [3.8, 4) is 0 Å². The molecule has 0 aliphatic carbocycles. The predicted molar refractivity (Wildman–Crippen MR) is 47.4 cm³/mol. The molecule has 0 atom stereocenters. The summed E-state index contributed by atoms with van der Waals surface area (Å²) in [6, 6.07) is 0. The van der Waals surface area contributed by atoms with E-state index in [0.29, 0.717) is 0 Å². The van der Waals surface area contributed by atoms with Gasteiger partial charge in [0, 0.05) is 0 Å². The molecule has 0 aliphatic rings. The van der Waals surface area contributed by atoms with Crippen molar-refractivity contribution < 1.29 is 4.79 Å². The molecule has 0 fully saturated rings. The average Bonchev–Trinajstić information content (AvgIpc) is 2.09. The van der Waals surface area contributed by atoms with E-state index in [-0.39, 0.29) is 0 Å². The minimum atomic E-state index is 0.750. The summed E-state index contributed by atoms with van der Waals surface area (Å²) in [5.74, 6) is 8.99. The molecule has 13 heavy (non-hydrogen) atoms. The summed E-state index contributed by atoms with van der Waals surface area (Å²) < 4.78 is 0. The summed E-state index contributed by atoms with van der Waals surface area (Å²) in [6.45, 7) is 1.44. The van der Waals surface area contributed by atoms with Gasteiger partial charge in [0.15, 0.2) is 12.7 Å². The van der Waals surface area contributed by atoms with Crippen LogP contribution >= 0.6 is 0 Å². The van der Waals surface area contributed by atoms with Crippen LogP contribution in [0.5, 0.6) is 0 Å². The van der Waals surface area contributed by atoms with Crippen LogP contribution in [-0.4, -0.2) is 19.0 Å². The van der Waals surface area contributed by atoms with Gasteiger partial charge < -0.3 is 16.5 Å². The van der Waals surface area contributed by atoms with Crippen molar-refractivity contribution in [2.75, 3.05) is 0 Å². The van der Waals surface area contributed by atoms with E-state index in [2.05, 4.69) is 32.1 Å². The third-order valence-electron chi connectivity index (χ3n) is 0.249. The largest absolute Gasteiger partial charge is 0.322 e. The van der Waals surface area contributed by atoms with Crippen LogP contribution < -0.4 is 11.7 Å². The molecule has 0 unspecified atom stereocenters. The Labute approximate surface area is 74.9 Å². The van der Waals surface area contributed by atoms with E-state index in [1.807, 2.05) is 0 Å². The van der Waals surface area contributed by atoms with Gasteiger partial charge in [-0.05, 0) is 6.92 Å². The second-order valence-electron chi connectivity index (χ2n) is 1.02. The molecule has 9 nitrogen and oxygen atoms in total. The topological polar surface area (TPSA) is 166 Å². The normalized spacial score (nSPS) is 7.77. The highest BCUT2D eigenvalue weighted by Crippen LogP contribution is 1.45. The molecule has 0 spiro atoms. The number of carbonyl (C=O) groups is 1. The lowest BCUT2D eigenvalue weighted by atomic mass is 11.0. The van der Waals surface area contributed by atoms with Gasteiger partial charge in [-0.25, -0.2) is 11.1 Å². The molecule has 0 rings (SSSR count). The third-order valence-corrected chi connectivity index (χ3v) is 0.249. The van der Waals surface area contributed by atoms with Gasteiger partial charge in [-0.3, -0.25) is 0 Å². The van der Waals surface area contributed by atoms with Gasteiger partial charge in [0.25, 0.3) is 0 Å². The SMILES string of the molecule is CC=O.N=NC=NN.N=NC=NN. The minimum Gasteiger partial charge on any atom is -0.322 e. The molecule has 0 saturated heterocycles. The van der Waals surface area contributed by atoms with Crippen LogP contribution in [-0.2, 0) is 4.79 Å². The number of hydrogen-bond donors (Lipinski definition) is 4. The second-order valence-corrected chi connectivity index (χ2v) is 1.02. The van der Waals surface area contributed by atoms with Gasteiger partial charge in [-0.1, -0.05) is 0 Å². The molecule has 74 valence electrons. The fraction of sp³-hybridized carbons (Fsp3) is 0.250. The number of nitrogens with one attached hydrogen (secondary N) is 2. The van der Waals surface area contributed by atoms with Gasteiger partial charge in [-0.15, -0.1) is 10.2 Å². The van der Waals surface area contributed by atoms with Gasteiger partial charge in [0.05, 0.1) is 0 Å². The maximum atomic E-state index is 8.81. The first-order chi connectivity index (χ1) is 6.24. The molecule has 0 heterocycles. The first kappa shape index (κ1) is 17.1. The number of carbonyl (C=O) groups excluding carboxylic acids is 1. The molecule has 0 saturated carbocycles. The maximum Gasteiger partial charge on any atom is 0.156 e. The Bertz CT molecular complexity index is 148. The van der Waals surface area contributed by atoms with Crippen molar-refractivity contribution in [1.29, 1.82) is 11.1 Å². The zero-order valence-electron chi connectivity index (χ0n) is 7.08. The molecule has 0 amide bonds. The number of nitrogens with two attached hydrogens (primary N) is 2. The molecule has 6 N–H and O–H groups in total. The highest BCUT2D eigenvalue weighted by Gasteiger charge is 1.44. The van der Waals surface area contributed by atoms with Gasteiger partial charge in [0.1, 0.15) is 6.29 Å². The molecular formula is C4H12N8O. The average molecular weight is 188 g/mol. The number of hydrogen-bond acceptors (Lipinski definition) is 7. The molecule has 0 aromatic heterocycles. The summed E-state index contributed by atoms with van der Waals surface area (Å²) in [5.41, 5.74) is 12.0. The molecule has 0 aromatic carbocycles. The summed E-state index contributed by atoms with van der Waals surface area (Å²) in [5, 5.41) is 11.1. The first-order valence-corrected chi connectivity index (χ1v) is 2.81. The zero-order chi connectivity index (χ0) is 10.9. The molecular weight excluding hydrogens is 176 g/mol. The molecule has 0 radical (unpaired) electrons. The lowest BCUT2D eigenvalue weighted by molar-refractivity contribution is -0.106. The molecule has 0 bridgehead atoms. The number of aldehydes is 1. The Balaban J connectivity index is -0.000000120. The molecule has 0 aromatic rings. The van der Waals surface area contributed by atoms with Crippen LogP contribution in [0.1, 0.15) is 6.92 Å². The van der Waals surface area contributed by atoms with Crippen LogP contribution in [0.2, 0.25) is 0 Å². The summed E-state index contributed by atoms with van der Waals surface area (Å²) >= 11 is 0. The summed E-state index contributed by atoms with van der Waals surface area (Å²) in [4.78, 5) is 8.81. The fourth-order valence-electron chi connectivity index (χ4n) is 0.0667. The highest BCUT2D eigenvalue weighted by atomic mass is 16.1. The third kappa shape index (κ3) is 183. The summed E-state index contributed by atoms with van der Waals surface area (Å²) in [6.07, 6.45) is 2.64. The maximum absolute atomic E-state index is 8.81. The lowest BCUT2D eigenvalue weighted by Gasteiger charge is -1.58. The van der Waals surface area contributed by atoms with Gasteiger partial charge in [0.2, 0.25) is 0 Å². The first-order valence-electron chi connectivity index (χ1n) is 2.81. The van der Waals surface area contributed by atoms with E-state index in [1.54, 1.807) is 0 Å². The zero-order valence-corrected chi connectivity index (χ0v) is 7.08. The van der Waals surface area contributed by atoms with E-state index in [9.17, 15) is 0 Å². The van der Waals surface area contributed by atoms with Crippen molar-refractivity contribution in [2.24, 2.45) is 32.1 Å². The molecule has 0 aliphatic heterocycles. The van der Waals surface area contributed by atoms with Crippen LogP contribution in [0.3, 0.4) is 0 Å². The van der Waals surface area contributed by atoms with E-state index in [4.69, 9.17) is 15.9 Å². The van der Waals surface area contributed by atoms with Crippen molar-refractivity contribution in [2.45, 2.75) is 6.92 Å².